The van der Waals surface area contributed by atoms with Gasteiger partial charge in [0.05, 0.1) is 18.3 Å². The number of carbonyl (C=O) groups is 1. The fourth-order valence-corrected chi connectivity index (χ4v) is 4.21. The monoisotopic (exact) mass is 423 g/mol. The van der Waals surface area contributed by atoms with Gasteiger partial charge in [-0.25, -0.2) is 14.2 Å². The normalized spacial score (nSPS) is 23.8. The molecule has 1 aromatic heterocycles. The van der Waals surface area contributed by atoms with Gasteiger partial charge >= 0.3 is 26.5 Å². The predicted molar refractivity (Wildman–Crippen MR) is 86.4 cm³/mol. The summed E-state index contributed by atoms with van der Waals surface area (Å²) in [5.41, 5.74) is 5.77. The maximum Gasteiger partial charge on any atom is 0.418 e. The van der Waals surface area contributed by atoms with E-state index in [9.17, 15) is 26.0 Å². The van der Waals surface area contributed by atoms with E-state index in [1.165, 1.54) is 0 Å². The SMILES string of the molecule is NC(=NS(=O)(=O)c1ccc(F)cn1)C1CCC2CN1C(=O)N2OS(=O)(=O)O. The highest BCUT2D eigenvalue weighted by Gasteiger charge is 2.48. The average Bonchev–Trinajstić information content (AvgIpc) is 2.78. The van der Waals surface area contributed by atoms with Crippen LogP contribution >= 0.6 is 0 Å². The second kappa shape index (κ2) is 6.66. The maximum absolute atomic E-state index is 12.9. The Hall–Kier alpha value is -2.36. The quantitative estimate of drug-likeness (QED) is 0.352. The molecule has 0 radical (unpaired) electrons. The molecule has 2 bridgehead atoms. The maximum atomic E-state index is 12.9. The largest absolute Gasteiger partial charge is 0.418 e. The zero-order chi connectivity index (χ0) is 20.0. The number of hydrogen-bond donors (Lipinski definition) is 2. The van der Waals surface area contributed by atoms with Crippen LogP contribution in [0.15, 0.2) is 27.8 Å². The van der Waals surface area contributed by atoms with E-state index in [0.29, 0.717) is 11.3 Å². The van der Waals surface area contributed by atoms with E-state index < -0.39 is 55.2 Å². The van der Waals surface area contributed by atoms with Crippen LogP contribution in [-0.2, 0) is 24.7 Å². The Morgan fingerprint density at radius 2 is 2.04 bits per heavy atom. The summed E-state index contributed by atoms with van der Waals surface area (Å²) in [6.07, 6.45) is 1.12. The Balaban J connectivity index is 1.84. The van der Waals surface area contributed by atoms with E-state index in [1.807, 2.05) is 0 Å². The lowest BCUT2D eigenvalue weighted by Gasteiger charge is -2.29. The van der Waals surface area contributed by atoms with Gasteiger partial charge in [-0.2, -0.15) is 21.9 Å². The van der Waals surface area contributed by atoms with Gasteiger partial charge in [0, 0.05) is 6.54 Å². The third kappa shape index (κ3) is 4.00. The van der Waals surface area contributed by atoms with E-state index in [4.69, 9.17) is 10.3 Å². The molecule has 2 saturated heterocycles. The summed E-state index contributed by atoms with van der Waals surface area (Å²) in [6.45, 7) is 0.00405. The summed E-state index contributed by atoms with van der Waals surface area (Å²) in [5, 5.41) is -0.0248. The summed E-state index contributed by atoms with van der Waals surface area (Å²) in [6, 6.07) is -0.680. The van der Waals surface area contributed by atoms with Crippen LogP contribution in [0, 0.1) is 5.82 Å². The van der Waals surface area contributed by atoms with E-state index in [2.05, 4.69) is 13.7 Å². The van der Waals surface area contributed by atoms with Crippen LogP contribution in [0.3, 0.4) is 0 Å². The van der Waals surface area contributed by atoms with Crippen molar-refractivity contribution in [2.24, 2.45) is 10.1 Å². The zero-order valence-corrected chi connectivity index (χ0v) is 15.1. The van der Waals surface area contributed by atoms with Crippen molar-refractivity contribution in [2.75, 3.05) is 6.54 Å². The molecule has 2 aliphatic heterocycles. The summed E-state index contributed by atoms with van der Waals surface area (Å²) < 4.78 is 75.6. The molecule has 2 atom stereocenters. The molecule has 2 fully saturated rings. The van der Waals surface area contributed by atoms with Crippen LogP contribution in [0.5, 0.6) is 0 Å². The minimum Gasteiger partial charge on any atom is -0.385 e. The number of piperidine rings is 1. The van der Waals surface area contributed by atoms with E-state index in [-0.39, 0.29) is 19.4 Å². The number of aromatic nitrogens is 1. The third-order valence-electron chi connectivity index (χ3n) is 4.03. The summed E-state index contributed by atoms with van der Waals surface area (Å²) >= 11 is 0. The van der Waals surface area contributed by atoms with Crippen LogP contribution in [0.4, 0.5) is 9.18 Å². The summed E-state index contributed by atoms with van der Waals surface area (Å²) in [7, 11) is -9.24. The number of halogens is 1. The molecule has 1 aromatic rings. The molecular weight excluding hydrogens is 409 g/mol. The molecule has 0 spiro atoms. The molecule has 2 aliphatic rings. The minimum atomic E-state index is -4.90. The highest BCUT2D eigenvalue weighted by atomic mass is 32.3. The molecule has 3 rings (SSSR count). The van der Waals surface area contributed by atoms with E-state index in [0.717, 1.165) is 17.0 Å². The lowest BCUT2D eigenvalue weighted by atomic mass is 10.0. The zero-order valence-electron chi connectivity index (χ0n) is 13.5. The molecule has 2 amide bonds. The standard InChI is InChI=1S/C12H14FN5O7S2/c13-7-1-4-10(15-5-7)26(20,21)16-11(14)9-3-2-8-6-17(9)12(19)18(8)25-27(22,23)24/h1,4-5,8-9H,2-3,6H2,(H2,14,16)(H,22,23,24). The highest BCUT2D eigenvalue weighted by Crippen LogP contribution is 2.31. The summed E-state index contributed by atoms with van der Waals surface area (Å²) in [4.78, 5) is 16.8. The second-order valence-electron chi connectivity index (χ2n) is 5.82. The Bertz CT molecular complexity index is 995. The van der Waals surface area contributed by atoms with Gasteiger partial charge in [-0.3, -0.25) is 4.55 Å². The van der Waals surface area contributed by atoms with Crippen molar-refractivity contribution in [2.45, 2.75) is 30.0 Å². The first-order chi connectivity index (χ1) is 12.5. The number of hydroxylamine groups is 2. The van der Waals surface area contributed by atoms with Crippen molar-refractivity contribution in [3.8, 4) is 0 Å². The van der Waals surface area contributed by atoms with Crippen LogP contribution in [0.2, 0.25) is 0 Å². The average molecular weight is 423 g/mol. The fraction of sp³-hybridized carbons (Fsp3) is 0.417. The topological polar surface area (TPSA) is 173 Å². The Morgan fingerprint density at radius 1 is 1.33 bits per heavy atom. The van der Waals surface area contributed by atoms with Gasteiger partial charge in [-0.05, 0) is 25.0 Å². The molecule has 12 nitrogen and oxygen atoms in total. The lowest BCUT2D eigenvalue weighted by Crippen LogP contribution is -2.48. The van der Waals surface area contributed by atoms with Crippen molar-refractivity contribution >= 4 is 32.3 Å². The molecule has 2 unspecified atom stereocenters. The minimum absolute atomic E-state index is 0.00405. The molecule has 148 valence electrons. The number of amides is 2. The second-order valence-corrected chi connectivity index (χ2v) is 8.37. The first kappa shape index (κ1) is 19.4. The molecule has 3 heterocycles. The van der Waals surface area contributed by atoms with Crippen molar-refractivity contribution in [3.63, 3.8) is 0 Å². The molecule has 3 N–H and O–H groups in total. The van der Waals surface area contributed by atoms with Crippen LogP contribution < -0.4 is 5.73 Å². The molecule has 0 aliphatic carbocycles. The third-order valence-corrected chi connectivity index (χ3v) is 5.60. The predicted octanol–water partition coefficient (Wildman–Crippen LogP) is -0.730. The smallest absolute Gasteiger partial charge is 0.385 e. The molecular formula is C12H14FN5O7S2. The number of pyridine rings is 1. The molecule has 27 heavy (non-hydrogen) atoms. The number of amidine groups is 1. The van der Waals surface area contributed by atoms with Crippen molar-refractivity contribution in [3.05, 3.63) is 24.1 Å². The number of nitrogens with zero attached hydrogens (tertiary/aromatic N) is 4. The Labute approximate surface area is 153 Å². The number of hydrogen-bond acceptors (Lipinski definition) is 7. The number of rotatable bonds is 5. The number of urea groups is 1. The van der Waals surface area contributed by atoms with Gasteiger partial charge in [0.2, 0.25) is 0 Å². The van der Waals surface area contributed by atoms with Gasteiger partial charge in [0.25, 0.3) is 0 Å². The van der Waals surface area contributed by atoms with Crippen molar-refractivity contribution in [1.29, 1.82) is 0 Å². The Morgan fingerprint density at radius 3 is 2.63 bits per heavy atom. The fourth-order valence-electron chi connectivity index (χ4n) is 2.90. The van der Waals surface area contributed by atoms with Gasteiger partial charge < -0.3 is 10.6 Å². The Kier molecular flexibility index (Phi) is 4.79. The molecule has 0 saturated carbocycles. The molecule has 15 heteroatoms. The van der Waals surface area contributed by atoms with Gasteiger partial charge in [0.15, 0.2) is 5.03 Å². The highest BCUT2D eigenvalue weighted by molar-refractivity contribution is 7.90. The number of nitrogens with two attached hydrogens (primary N) is 1. The van der Waals surface area contributed by atoms with Crippen LogP contribution in [-0.4, -0.2) is 66.8 Å². The first-order valence-corrected chi connectivity index (χ1v) is 10.3. The number of sulfonamides is 1. The van der Waals surface area contributed by atoms with Crippen molar-refractivity contribution in [1.82, 2.24) is 14.9 Å². The van der Waals surface area contributed by atoms with Crippen molar-refractivity contribution < 1.29 is 34.9 Å². The lowest BCUT2D eigenvalue weighted by molar-refractivity contribution is -0.0316. The van der Waals surface area contributed by atoms with Crippen LogP contribution in [0.25, 0.3) is 0 Å². The summed E-state index contributed by atoms with van der Waals surface area (Å²) in [5.74, 6) is -1.15. The van der Waals surface area contributed by atoms with Crippen LogP contribution in [0.1, 0.15) is 12.8 Å². The van der Waals surface area contributed by atoms with E-state index in [1.54, 1.807) is 0 Å². The van der Waals surface area contributed by atoms with Gasteiger partial charge in [-0.15, -0.1) is 8.68 Å². The molecule has 0 aromatic carbocycles. The number of fused-ring (bicyclic) bond motifs is 2. The van der Waals surface area contributed by atoms with Gasteiger partial charge in [-0.1, -0.05) is 0 Å². The first-order valence-electron chi connectivity index (χ1n) is 7.46. The number of carbonyl (C=O) groups excluding carboxylic acids is 1. The van der Waals surface area contributed by atoms with E-state index >= 15 is 0 Å². The van der Waals surface area contributed by atoms with Gasteiger partial charge in [0.1, 0.15) is 11.7 Å².